The van der Waals surface area contributed by atoms with E-state index in [1.54, 1.807) is 54.9 Å². The molecule has 30 heavy (non-hydrogen) atoms. The van der Waals surface area contributed by atoms with Crippen LogP contribution in [0.5, 0.6) is 0 Å². The molecule has 8 heteroatoms. The highest BCUT2D eigenvalue weighted by molar-refractivity contribution is 7.92. The maximum Gasteiger partial charge on any atom is 0.261 e. The summed E-state index contributed by atoms with van der Waals surface area (Å²) in [6.07, 6.45) is 3.61. The summed E-state index contributed by atoms with van der Waals surface area (Å²) in [5, 5.41) is 4.00. The summed E-state index contributed by atoms with van der Waals surface area (Å²) in [5.74, 6) is 0.847. The van der Waals surface area contributed by atoms with Crippen molar-refractivity contribution in [1.29, 1.82) is 0 Å². The molecular formula is C22H20N4O3S. The molecule has 0 saturated heterocycles. The molecule has 2 heterocycles. The molecule has 0 amide bonds. The molecule has 0 fully saturated rings. The molecule has 4 rings (SSSR count). The molecule has 0 saturated carbocycles. The Bertz CT molecular complexity index is 1280. The highest BCUT2D eigenvalue weighted by Gasteiger charge is 2.18. The second-order valence-corrected chi connectivity index (χ2v) is 8.62. The van der Waals surface area contributed by atoms with Crippen molar-refractivity contribution >= 4 is 15.7 Å². The van der Waals surface area contributed by atoms with Crippen LogP contribution in [0.4, 0.5) is 5.69 Å². The Morgan fingerprint density at radius 1 is 0.967 bits per heavy atom. The van der Waals surface area contributed by atoms with E-state index in [1.807, 2.05) is 26.0 Å². The van der Waals surface area contributed by atoms with Crippen LogP contribution in [0.15, 0.2) is 76.4 Å². The van der Waals surface area contributed by atoms with E-state index in [0.717, 1.165) is 22.3 Å². The lowest BCUT2D eigenvalue weighted by atomic mass is 10.1. The van der Waals surface area contributed by atoms with Gasteiger partial charge in [0.1, 0.15) is 0 Å². The van der Waals surface area contributed by atoms with Gasteiger partial charge in [-0.2, -0.15) is 4.98 Å². The fourth-order valence-corrected chi connectivity index (χ4v) is 4.15. The molecule has 0 atom stereocenters. The lowest BCUT2D eigenvalue weighted by molar-refractivity contribution is 0.386. The Hall–Kier alpha value is -3.52. The van der Waals surface area contributed by atoms with Crippen LogP contribution in [0.25, 0.3) is 11.4 Å². The van der Waals surface area contributed by atoms with Crippen molar-refractivity contribution in [3.63, 3.8) is 0 Å². The first kappa shape index (κ1) is 19.8. The molecule has 4 aromatic rings. The van der Waals surface area contributed by atoms with Gasteiger partial charge < -0.3 is 4.52 Å². The first-order chi connectivity index (χ1) is 14.4. The average Bonchev–Trinajstić information content (AvgIpc) is 3.20. The third-order valence-corrected chi connectivity index (χ3v) is 6.16. The molecule has 152 valence electrons. The van der Waals surface area contributed by atoms with Gasteiger partial charge >= 0.3 is 0 Å². The monoisotopic (exact) mass is 420 g/mol. The number of pyridine rings is 1. The number of nitrogens with zero attached hydrogens (tertiary/aromatic N) is 3. The van der Waals surface area contributed by atoms with E-state index in [9.17, 15) is 8.42 Å². The molecule has 0 aliphatic heterocycles. The van der Waals surface area contributed by atoms with Crippen LogP contribution in [-0.2, 0) is 16.4 Å². The molecule has 0 radical (unpaired) electrons. The van der Waals surface area contributed by atoms with Crippen molar-refractivity contribution in [2.75, 3.05) is 4.72 Å². The standard InChI is InChI=1S/C22H20N4O3S/c1-15-7-8-19(13-16(15)2)30(27,28)26-20-6-4-3-5-18(20)14-21-24-22(25-29-21)17-9-11-23-12-10-17/h3-13,26H,14H2,1-2H3. The van der Waals surface area contributed by atoms with Crippen LogP contribution >= 0.6 is 0 Å². The lowest BCUT2D eigenvalue weighted by Gasteiger charge is -2.12. The van der Waals surface area contributed by atoms with Crippen LogP contribution in [0.3, 0.4) is 0 Å². The van der Waals surface area contributed by atoms with Crippen molar-refractivity contribution < 1.29 is 12.9 Å². The number of rotatable bonds is 6. The van der Waals surface area contributed by atoms with E-state index in [4.69, 9.17) is 4.52 Å². The molecule has 7 nitrogen and oxygen atoms in total. The third-order valence-electron chi connectivity index (χ3n) is 4.80. The zero-order valence-corrected chi connectivity index (χ0v) is 17.3. The van der Waals surface area contributed by atoms with Gasteiger partial charge in [0.25, 0.3) is 10.0 Å². The van der Waals surface area contributed by atoms with Gasteiger partial charge in [0.05, 0.1) is 17.0 Å². The quantitative estimate of drug-likeness (QED) is 0.503. The van der Waals surface area contributed by atoms with E-state index in [-0.39, 0.29) is 4.90 Å². The number of aromatic nitrogens is 3. The number of para-hydroxylation sites is 1. The van der Waals surface area contributed by atoms with Gasteiger partial charge in [-0.15, -0.1) is 0 Å². The molecule has 1 N–H and O–H groups in total. The van der Waals surface area contributed by atoms with Crippen molar-refractivity contribution in [1.82, 2.24) is 15.1 Å². The number of aryl methyl sites for hydroxylation is 2. The van der Waals surface area contributed by atoms with E-state index >= 15 is 0 Å². The molecule has 0 spiro atoms. The summed E-state index contributed by atoms with van der Waals surface area (Å²) in [4.78, 5) is 8.61. The highest BCUT2D eigenvalue weighted by Crippen LogP contribution is 2.24. The number of hydrogen-bond acceptors (Lipinski definition) is 6. The average molecular weight is 420 g/mol. The zero-order valence-electron chi connectivity index (χ0n) is 16.5. The van der Waals surface area contributed by atoms with Crippen LogP contribution in [0.1, 0.15) is 22.6 Å². The highest BCUT2D eigenvalue weighted by atomic mass is 32.2. The summed E-state index contributed by atoms with van der Waals surface area (Å²) in [5.41, 5.74) is 3.95. The van der Waals surface area contributed by atoms with Gasteiger partial charge in [0.15, 0.2) is 0 Å². The Labute approximate surface area is 174 Å². The molecule has 0 aliphatic carbocycles. The van der Waals surface area contributed by atoms with E-state index in [1.165, 1.54) is 0 Å². The van der Waals surface area contributed by atoms with Crippen molar-refractivity contribution in [3.8, 4) is 11.4 Å². The second kappa shape index (κ2) is 8.08. The summed E-state index contributed by atoms with van der Waals surface area (Å²) in [6, 6.07) is 15.8. The smallest absolute Gasteiger partial charge is 0.261 e. The Balaban J connectivity index is 1.59. The van der Waals surface area contributed by atoms with E-state index in [0.29, 0.717) is 23.8 Å². The number of hydrogen-bond donors (Lipinski definition) is 1. The second-order valence-electron chi connectivity index (χ2n) is 6.93. The molecule has 0 unspecified atom stereocenters. The topological polar surface area (TPSA) is 98.0 Å². The van der Waals surface area contributed by atoms with Crippen LogP contribution in [0.2, 0.25) is 0 Å². The van der Waals surface area contributed by atoms with Crippen LogP contribution in [-0.4, -0.2) is 23.5 Å². The Morgan fingerprint density at radius 2 is 1.73 bits per heavy atom. The maximum atomic E-state index is 12.9. The van der Waals surface area contributed by atoms with Gasteiger partial charge in [-0.05, 0) is 60.9 Å². The Morgan fingerprint density at radius 3 is 2.50 bits per heavy atom. The van der Waals surface area contributed by atoms with Crippen molar-refractivity contribution in [3.05, 3.63) is 89.6 Å². The number of anilines is 1. The summed E-state index contributed by atoms with van der Waals surface area (Å²) in [7, 11) is -3.73. The minimum atomic E-state index is -3.73. The SMILES string of the molecule is Cc1ccc(S(=O)(=O)Nc2ccccc2Cc2nc(-c3ccncc3)no2)cc1C. The fraction of sp³-hybridized carbons (Fsp3) is 0.136. The summed E-state index contributed by atoms with van der Waals surface area (Å²) in [6.45, 7) is 3.83. The predicted octanol–water partition coefficient (Wildman–Crippen LogP) is 4.14. The van der Waals surface area contributed by atoms with Gasteiger partial charge in [0.2, 0.25) is 11.7 Å². The summed E-state index contributed by atoms with van der Waals surface area (Å²) < 4.78 is 33.8. The van der Waals surface area contributed by atoms with Gasteiger partial charge in [0, 0.05) is 18.0 Å². The van der Waals surface area contributed by atoms with Gasteiger partial charge in [-0.3, -0.25) is 9.71 Å². The third kappa shape index (κ3) is 4.23. The molecule has 0 aliphatic rings. The number of nitrogens with one attached hydrogen (secondary N) is 1. The summed E-state index contributed by atoms with van der Waals surface area (Å²) >= 11 is 0. The number of benzene rings is 2. The van der Waals surface area contributed by atoms with Crippen LogP contribution in [0, 0.1) is 13.8 Å². The minimum absolute atomic E-state index is 0.221. The normalized spacial score (nSPS) is 11.4. The zero-order chi connectivity index (χ0) is 21.1. The molecular weight excluding hydrogens is 400 g/mol. The first-order valence-corrected chi connectivity index (χ1v) is 10.8. The van der Waals surface area contributed by atoms with Gasteiger partial charge in [-0.25, -0.2) is 8.42 Å². The largest absolute Gasteiger partial charge is 0.339 e. The van der Waals surface area contributed by atoms with E-state index < -0.39 is 10.0 Å². The minimum Gasteiger partial charge on any atom is -0.339 e. The van der Waals surface area contributed by atoms with Crippen molar-refractivity contribution in [2.45, 2.75) is 25.2 Å². The van der Waals surface area contributed by atoms with Crippen molar-refractivity contribution in [2.24, 2.45) is 0 Å². The fourth-order valence-electron chi connectivity index (χ4n) is 2.97. The molecule has 0 bridgehead atoms. The van der Waals surface area contributed by atoms with Gasteiger partial charge in [-0.1, -0.05) is 29.4 Å². The Kier molecular flexibility index (Phi) is 5.33. The van der Waals surface area contributed by atoms with E-state index in [2.05, 4.69) is 19.8 Å². The first-order valence-electron chi connectivity index (χ1n) is 9.33. The number of sulfonamides is 1. The lowest BCUT2D eigenvalue weighted by Crippen LogP contribution is -2.14. The van der Waals surface area contributed by atoms with Crippen LogP contribution < -0.4 is 4.72 Å². The molecule has 2 aromatic heterocycles. The maximum absolute atomic E-state index is 12.9. The predicted molar refractivity (Wildman–Crippen MR) is 114 cm³/mol. The molecule has 2 aromatic carbocycles.